The van der Waals surface area contributed by atoms with Gasteiger partial charge in [0.25, 0.3) is 5.69 Å². The molecule has 4 rings (SSSR count). The monoisotopic (exact) mass is 604 g/mol. The number of methoxy groups -OCH3 is 1. The molecule has 0 N–H and O–H groups in total. The predicted octanol–water partition coefficient (Wildman–Crippen LogP) is 6.09. The van der Waals surface area contributed by atoms with Gasteiger partial charge in [-0.15, -0.1) is 0 Å². The zero-order valence-electron chi connectivity index (χ0n) is 18.6. The predicted molar refractivity (Wildman–Crippen MR) is 140 cm³/mol. The molecule has 1 heterocycles. The number of carbonyl (C=O) groups excluding carboxylic acids is 1. The number of ether oxygens (including phenoxy) is 3. The van der Waals surface area contributed by atoms with E-state index < -0.39 is 10.9 Å². The fourth-order valence-corrected chi connectivity index (χ4v) is 4.28. The van der Waals surface area contributed by atoms with Gasteiger partial charge in [-0.05, 0) is 65.4 Å². The van der Waals surface area contributed by atoms with Crippen molar-refractivity contribution in [2.75, 3.05) is 7.11 Å². The Kier molecular flexibility index (Phi) is 7.37. The summed E-state index contributed by atoms with van der Waals surface area (Å²) < 4.78 is 17.7. The van der Waals surface area contributed by atoms with Crippen LogP contribution in [0.3, 0.4) is 0 Å². The summed E-state index contributed by atoms with van der Waals surface area (Å²) in [5, 5.41) is 11.5. The van der Waals surface area contributed by atoms with Crippen LogP contribution in [0.1, 0.15) is 22.3 Å². The molecule has 3 aromatic carbocycles. The lowest BCUT2D eigenvalue weighted by Gasteiger charge is -2.14. The van der Waals surface area contributed by atoms with Crippen LogP contribution in [0, 0.1) is 20.6 Å². The molecular formula is C25H18ClIN2O6. The third kappa shape index (κ3) is 5.30. The Bertz CT molecular complexity index is 1400. The van der Waals surface area contributed by atoms with Crippen LogP contribution in [0.15, 0.2) is 65.3 Å². The van der Waals surface area contributed by atoms with Crippen LogP contribution < -0.4 is 9.47 Å². The second-order valence-corrected chi connectivity index (χ2v) is 9.03. The molecule has 0 atom stereocenters. The fraction of sp³-hybridized carbons (Fsp3) is 0.120. The number of benzene rings is 3. The summed E-state index contributed by atoms with van der Waals surface area (Å²) in [6.45, 7) is 1.88. The number of cyclic esters (lactones) is 1. The van der Waals surface area contributed by atoms with Crippen LogP contribution in [0.4, 0.5) is 5.69 Å². The molecule has 0 fully saturated rings. The van der Waals surface area contributed by atoms with Gasteiger partial charge in [-0.2, -0.15) is 0 Å². The third-order valence-corrected chi connectivity index (χ3v) is 6.57. The zero-order valence-corrected chi connectivity index (χ0v) is 21.5. The maximum absolute atomic E-state index is 12.5. The number of hydrogen-bond donors (Lipinski definition) is 0. The van der Waals surface area contributed by atoms with E-state index in [1.54, 1.807) is 25.1 Å². The van der Waals surface area contributed by atoms with Crippen LogP contribution in [0.2, 0.25) is 5.02 Å². The molecule has 10 heteroatoms. The number of carbonyl (C=O) groups is 1. The van der Waals surface area contributed by atoms with E-state index in [1.165, 1.54) is 25.3 Å². The van der Waals surface area contributed by atoms with E-state index in [9.17, 15) is 14.9 Å². The number of nitro groups is 1. The lowest BCUT2D eigenvalue weighted by Crippen LogP contribution is -2.08. The van der Waals surface area contributed by atoms with E-state index >= 15 is 0 Å². The lowest BCUT2D eigenvalue weighted by molar-refractivity contribution is -0.385. The van der Waals surface area contributed by atoms with E-state index in [4.69, 9.17) is 25.8 Å². The van der Waals surface area contributed by atoms with E-state index in [2.05, 4.69) is 27.6 Å². The number of aliphatic imine (C=N–C) groups is 1. The van der Waals surface area contributed by atoms with Gasteiger partial charge in [-0.25, -0.2) is 9.79 Å². The van der Waals surface area contributed by atoms with Gasteiger partial charge in [0, 0.05) is 26.3 Å². The van der Waals surface area contributed by atoms with Crippen molar-refractivity contribution in [1.29, 1.82) is 0 Å². The van der Waals surface area contributed by atoms with Gasteiger partial charge in [-0.1, -0.05) is 35.9 Å². The summed E-state index contributed by atoms with van der Waals surface area (Å²) in [7, 11) is 1.49. The second kappa shape index (κ2) is 10.4. The lowest BCUT2D eigenvalue weighted by atomic mass is 10.1. The molecule has 0 spiro atoms. The van der Waals surface area contributed by atoms with E-state index in [-0.39, 0.29) is 17.3 Å². The topological polar surface area (TPSA) is 100 Å². The highest BCUT2D eigenvalue weighted by Gasteiger charge is 2.27. The molecule has 0 aliphatic carbocycles. The van der Waals surface area contributed by atoms with Crippen LogP contribution in [-0.2, 0) is 16.1 Å². The van der Waals surface area contributed by atoms with Crippen molar-refractivity contribution in [2.45, 2.75) is 13.5 Å². The minimum Gasteiger partial charge on any atom is -0.493 e. The van der Waals surface area contributed by atoms with Crippen molar-refractivity contribution < 1.29 is 23.9 Å². The van der Waals surface area contributed by atoms with E-state index in [1.807, 2.05) is 24.3 Å². The molecular weight excluding hydrogens is 587 g/mol. The van der Waals surface area contributed by atoms with Crippen molar-refractivity contribution in [3.05, 3.63) is 101 Å². The second-order valence-electron chi connectivity index (χ2n) is 7.46. The molecule has 0 bridgehead atoms. The van der Waals surface area contributed by atoms with Gasteiger partial charge in [0.1, 0.15) is 6.61 Å². The normalized spacial score (nSPS) is 14.0. The van der Waals surface area contributed by atoms with Gasteiger partial charge in [0.05, 0.1) is 17.1 Å². The largest absolute Gasteiger partial charge is 0.493 e. The summed E-state index contributed by atoms with van der Waals surface area (Å²) in [6, 6.07) is 15.6. The quantitative estimate of drug-likeness (QED) is 0.106. The number of esters is 1. The van der Waals surface area contributed by atoms with Crippen molar-refractivity contribution in [2.24, 2.45) is 4.99 Å². The molecule has 8 nitrogen and oxygen atoms in total. The maximum Gasteiger partial charge on any atom is 0.363 e. The van der Waals surface area contributed by atoms with Gasteiger partial charge >= 0.3 is 5.97 Å². The molecule has 0 aromatic heterocycles. The highest BCUT2D eigenvalue weighted by molar-refractivity contribution is 14.1. The molecule has 0 radical (unpaired) electrons. The highest BCUT2D eigenvalue weighted by atomic mass is 127. The van der Waals surface area contributed by atoms with Gasteiger partial charge < -0.3 is 14.2 Å². The van der Waals surface area contributed by atoms with Crippen molar-refractivity contribution >= 4 is 57.8 Å². The summed E-state index contributed by atoms with van der Waals surface area (Å²) in [4.78, 5) is 27.5. The first-order valence-corrected chi connectivity index (χ1v) is 11.7. The summed E-state index contributed by atoms with van der Waals surface area (Å²) in [5.74, 6) is 0.0830. The summed E-state index contributed by atoms with van der Waals surface area (Å²) in [6.07, 6.45) is 1.50. The Balaban J connectivity index is 1.63. The first kappa shape index (κ1) is 24.7. The van der Waals surface area contributed by atoms with Crippen molar-refractivity contribution in [3.8, 4) is 11.5 Å². The molecule has 0 amide bonds. The van der Waals surface area contributed by atoms with Crippen LogP contribution in [-0.4, -0.2) is 23.9 Å². The van der Waals surface area contributed by atoms with Crippen LogP contribution in [0.5, 0.6) is 11.5 Å². The Hall–Kier alpha value is -3.44. The minimum atomic E-state index is -0.681. The first-order chi connectivity index (χ1) is 16.8. The van der Waals surface area contributed by atoms with Crippen LogP contribution in [0.25, 0.3) is 6.08 Å². The number of hydrogen-bond acceptors (Lipinski definition) is 7. The molecule has 1 aliphatic heterocycles. The molecule has 3 aromatic rings. The Morgan fingerprint density at radius 1 is 1.20 bits per heavy atom. The summed E-state index contributed by atoms with van der Waals surface area (Å²) >= 11 is 8.72. The standard InChI is InChI=1S/C25H18ClIN2O6/c1-14-17(7-5-9-21(14)29(31)32)24-28-20(25(30)35-24)11-15-10-18(26)23(22(12-15)33-2)34-13-16-6-3-4-8-19(16)27/h3-12H,13H2,1-2H3/b20-11-. The fourth-order valence-electron chi connectivity index (χ4n) is 3.46. The molecule has 0 saturated carbocycles. The zero-order chi connectivity index (χ0) is 25.1. The molecule has 1 aliphatic rings. The smallest absolute Gasteiger partial charge is 0.363 e. The Morgan fingerprint density at radius 2 is 1.97 bits per heavy atom. The number of rotatable bonds is 7. The number of nitro benzene ring substituents is 1. The first-order valence-electron chi connectivity index (χ1n) is 10.3. The SMILES string of the molecule is COc1cc(/C=C2\N=C(c3cccc([N+](=O)[O-])c3C)OC2=O)cc(Cl)c1OCc1ccccc1I. The van der Waals surface area contributed by atoms with Crippen LogP contribution >= 0.6 is 34.2 Å². The highest BCUT2D eigenvalue weighted by Crippen LogP contribution is 2.38. The molecule has 178 valence electrons. The molecule has 0 saturated heterocycles. The third-order valence-electron chi connectivity index (χ3n) is 5.24. The van der Waals surface area contributed by atoms with E-state index in [0.29, 0.717) is 39.8 Å². The molecule has 0 unspecified atom stereocenters. The van der Waals surface area contributed by atoms with Gasteiger partial charge in [0.15, 0.2) is 17.2 Å². The van der Waals surface area contributed by atoms with E-state index in [0.717, 1.165) is 9.13 Å². The van der Waals surface area contributed by atoms with Crippen molar-refractivity contribution in [3.63, 3.8) is 0 Å². The maximum atomic E-state index is 12.5. The number of nitrogens with zero attached hydrogens (tertiary/aromatic N) is 2. The minimum absolute atomic E-state index is 0.00192. The molecule has 35 heavy (non-hydrogen) atoms. The average molecular weight is 605 g/mol. The van der Waals surface area contributed by atoms with Gasteiger partial charge in [-0.3, -0.25) is 10.1 Å². The Morgan fingerprint density at radius 3 is 2.69 bits per heavy atom. The average Bonchev–Trinajstić information content (AvgIpc) is 3.18. The number of halogens is 2. The van der Waals surface area contributed by atoms with Gasteiger partial charge in [0.2, 0.25) is 5.90 Å². The Labute approximate surface area is 219 Å². The summed E-state index contributed by atoms with van der Waals surface area (Å²) in [5.41, 5.74) is 2.20. The van der Waals surface area contributed by atoms with Crippen molar-refractivity contribution in [1.82, 2.24) is 0 Å².